The number of carbonyl (C=O) groups is 1. The van der Waals surface area contributed by atoms with Gasteiger partial charge in [0.2, 0.25) is 0 Å². The zero-order valence-corrected chi connectivity index (χ0v) is 12.9. The third kappa shape index (κ3) is 4.08. The predicted molar refractivity (Wildman–Crippen MR) is 75.8 cm³/mol. The molecule has 1 aliphatic rings. The molecule has 21 heavy (non-hydrogen) atoms. The number of ether oxygens (including phenoxy) is 1. The molecule has 10 heteroatoms. The van der Waals surface area contributed by atoms with Crippen LogP contribution in [0.1, 0.15) is 26.8 Å². The second-order valence-electron chi connectivity index (χ2n) is 5.85. The van der Waals surface area contributed by atoms with E-state index in [2.05, 4.69) is 9.82 Å². The Hall–Kier alpha value is -1.81. The number of anilines is 1. The highest BCUT2D eigenvalue weighted by Gasteiger charge is 2.36. The molecule has 0 atom stereocenters. The molecule has 0 bridgehead atoms. The molecular weight excluding hydrogens is 298 g/mol. The van der Waals surface area contributed by atoms with Gasteiger partial charge in [-0.3, -0.25) is 4.72 Å². The summed E-state index contributed by atoms with van der Waals surface area (Å²) in [6.45, 7) is 6.18. The van der Waals surface area contributed by atoms with Crippen molar-refractivity contribution in [3.05, 3.63) is 12.3 Å². The molecule has 0 saturated carbocycles. The van der Waals surface area contributed by atoms with Crippen LogP contribution < -0.4 is 9.86 Å². The molecular formula is C11H19N5O4S. The molecule has 9 nitrogen and oxygen atoms in total. The molecule has 0 aromatic carbocycles. The molecule has 0 radical (unpaired) electrons. The van der Waals surface area contributed by atoms with Gasteiger partial charge in [-0.25, -0.2) is 14.6 Å². The second kappa shape index (κ2) is 5.19. The van der Waals surface area contributed by atoms with E-state index in [4.69, 9.17) is 9.88 Å². The van der Waals surface area contributed by atoms with Crippen molar-refractivity contribution >= 4 is 22.1 Å². The summed E-state index contributed by atoms with van der Waals surface area (Å²) in [4.78, 5) is 13.3. The van der Waals surface area contributed by atoms with Gasteiger partial charge in [-0.1, -0.05) is 0 Å². The van der Waals surface area contributed by atoms with Gasteiger partial charge in [-0.15, -0.1) is 0 Å². The Balaban J connectivity index is 1.96. The number of carbonyl (C=O) groups excluding carboxylic acids is 1. The van der Waals surface area contributed by atoms with Crippen LogP contribution >= 0.6 is 0 Å². The standard InChI is InChI=1S/C11H19N5O4S/c1-11(2,3)20-10(17)15-6-8(7-15)16-9(4-5-13-16)14-21(12,18)19/h4-5,8,14H,6-7H2,1-3H3,(H2,12,18,19). The van der Waals surface area contributed by atoms with Gasteiger partial charge >= 0.3 is 6.09 Å². The van der Waals surface area contributed by atoms with Crippen molar-refractivity contribution in [2.45, 2.75) is 32.4 Å². The van der Waals surface area contributed by atoms with Crippen LogP contribution in [0.4, 0.5) is 10.6 Å². The normalized spacial score (nSPS) is 16.5. The fraction of sp³-hybridized carbons (Fsp3) is 0.636. The van der Waals surface area contributed by atoms with Crippen LogP contribution in [0.25, 0.3) is 0 Å². The van der Waals surface area contributed by atoms with E-state index in [-0.39, 0.29) is 11.9 Å². The second-order valence-corrected chi connectivity index (χ2v) is 7.14. The van der Waals surface area contributed by atoms with Crippen molar-refractivity contribution in [1.29, 1.82) is 0 Å². The van der Waals surface area contributed by atoms with Crippen molar-refractivity contribution in [2.75, 3.05) is 17.8 Å². The lowest BCUT2D eigenvalue weighted by Crippen LogP contribution is -2.52. The van der Waals surface area contributed by atoms with E-state index >= 15 is 0 Å². The predicted octanol–water partition coefficient (Wildman–Crippen LogP) is 0.290. The van der Waals surface area contributed by atoms with Gasteiger partial charge < -0.3 is 9.64 Å². The summed E-state index contributed by atoms with van der Waals surface area (Å²) >= 11 is 0. The molecule has 1 saturated heterocycles. The Morgan fingerprint density at radius 1 is 1.48 bits per heavy atom. The molecule has 1 fully saturated rings. The number of nitrogens with one attached hydrogen (secondary N) is 1. The molecule has 1 aromatic rings. The number of hydrogen-bond acceptors (Lipinski definition) is 5. The van der Waals surface area contributed by atoms with Gasteiger partial charge in [0.05, 0.1) is 12.2 Å². The number of nitrogens with two attached hydrogens (primary N) is 1. The lowest BCUT2D eigenvalue weighted by Gasteiger charge is -2.40. The maximum absolute atomic E-state index is 11.8. The first-order valence-corrected chi connectivity index (χ1v) is 7.92. The van der Waals surface area contributed by atoms with Crippen molar-refractivity contribution < 1.29 is 17.9 Å². The van der Waals surface area contributed by atoms with Crippen LogP contribution in [0.5, 0.6) is 0 Å². The molecule has 0 aliphatic carbocycles. The summed E-state index contributed by atoms with van der Waals surface area (Å²) in [6.07, 6.45) is 1.07. The van der Waals surface area contributed by atoms with Gasteiger partial charge in [0.15, 0.2) is 0 Å². The molecule has 1 amide bonds. The zero-order valence-electron chi connectivity index (χ0n) is 12.1. The SMILES string of the molecule is CC(C)(C)OC(=O)N1CC(n2nccc2NS(N)(=O)=O)C1. The summed E-state index contributed by atoms with van der Waals surface area (Å²) in [6, 6.07) is 1.39. The van der Waals surface area contributed by atoms with Crippen molar-refractivity contribution in [1.82, 2.24) is 14.7 Å². The molecule has 3 N–H and O–H groups in total. The Morgan fingerprint density at radius 3 is 2.62 bits per heavy atom. The summed E-state index contributed by atoms with van der Waals surface area (Å²) in [5.41, 5.74) is -0.547. The highest BCUT2D eigenvalue weighted by atomic mass is 32.2. The minimum Gasteiger partial charge on any atom is -0.444 e. The van der Waals surface area contributed by atoms with E-state index in [0.29, 0.717) is 13.1 Å². The molecule has 2 heterocycles. The largest absolute Gasteiger partial charge is 0.444 e. The monoisotopic (exact) mass is 317 g/mol. The highest BCUT2D eigenvalue weighted by molar-refractivity contribution is 7.90. The lowest BCUT2D eigenvalue weighted by molar-refractivity contribution is -0.000120. The summed E-state index contributed by atoms with van der Waals surface area (Å²) < 4.78 is 31.0. The lowest BCUT2D eigenvalue weighted by atomic mass is 10.1. The summed E-state index contributed by atoms with van der Waals surface area (Å²) in [5, 5.41) is 8.98. The first-order valence-electron chi connectivity index (χ1n) is 6.37. The number of rotatable bonds is 3. The quantitative estimate of drug-likeness (QED) is 0.830. The maximum Gasteiger partial charge on any atom is 0.410 e. The first kappa shape index (κ1) is 15.6. The van der Waals surface area contributed by atoms with Crippen LogP contribution in [0.3, 0.4) is 0 Å². The number of aromatic nitrogens is 2. The van der Waals surface area contributed by atoms with Gasteiger partial charge in [0.25, 0.3) is 10.2 Å². The van der Waals surface area contributed by atoms with E-state index in [1.807, 2.05) is 0 Å². The van der Waals surface area contributed by atoms with E-state index in [1.54, 1.807) is 20.8 Å². The van der Waals surface area contributed by atoms with Gasteiger partial charge in [-0.05, 0) is 20.8 Å². The molecule has 1 aromatic heterocycles. The van der Waals surface area contributed by atoms with Crippen molar-refractivity contribution in [2.24, 2.45) is 5.14 Å². The van der Waals surface area contributed by atoms with E-state index in [0.717, 1.165) is 0 Å². The van der Waals surface area contributed by atoms with Crippen LogP contribution in [-0.2, 0) is 14.9 Å². The van der Waals surface area contributed by atoms with Crippen LogP contribution in [0.2, 0.25) is 0 Å². The smallest absolute Gasteiger partial charge is 0.410 e. The first-order chi connectivity index (χ1) is 9.55. The van der Waals surface area contributed by atoms with Crippen LogP contribution in [0, 0.1) is 0 Å². The Labute approximate surface area is 123 Å². The fourth-order valence-electron chi connectivity index (χ4n) is 1.92. The minimum atomic E-state index is -3.86. The topological polar surface area (TPSA) is 120 Å². The molecule has 0 unspecified atom stereocenters. The molecule has 2 rings (SSSR count). The minimum absolute atomic E-state index is 0.114. The highest BCUT2D eigenvalue weighted by Crippen LogP contribution is 2.26. The van der Waals surface area contributed by atoms with Gasteiger partial charge in [-0.2, -0.15) is 13.5 Å². The van der Waals surface area contributed by atoms with E-state index in [9.17, 15) is 13.2 Å². The summed E-state index contributed by atoms with van der Waals surface area (Å²) in [7, 11) is -3.86. The van der Waals surface area contributed by atoms with E-state index < -0.39 is 21.9 Å². The third-order valence-electron chi connectivity index (χ3n) is 2.78. The van der Waals surface area contributed by atoms with E-state index in [1.165, 1.54) is 21.8 Å². The van der Waals surface area contributed by atoms with Crippen molar-refractivity contribution in [3.8, 4) is 0 Å². The number of amides is 1. The Kier molecular flexibility index (Phi) is 3.85. The molecule has 1 aliphatic heterocycles. The number of nitrogens with zero attached hydrogens (tertiary/aromatic N) is 3. The average Bonchev–Trinajstić information content (AvgIpc) is 2.58. The Bertz CT molecular complexity index is 627. The van der Waals surface area contributed by atoms with Crippen LogP contribution in [0.15, 0.2) is 12.3 Å². The van der Waals surface area contributed by atoms with Crippen LogP contribution in [-0.4, -0.2) is 47.9 Å². The fourth-order valence-corrected chi connectivity index (χ4v) is 2.37. The van der Waals surface area contributed by atoms with Gasteiger partial charge in [0, 0.05) is 19.2 Å². The Morgan fingerprint density at radius 2 is 2.10 bits per heavy atom. The van der Waals surface area contributed by atoms with Gasteiger partial charge in [0.1, 0.15) is 11.4 Å². The third-order valence-corrected chi connectivity index (χ3v) is 3.27. The average molecular weight is 317 g/mol. The van der Waals surface area contributed by atoms with Crippen molar-refractivity contribution in [3.63, 3.8) is 0 Å². The maximum atomic E-state index is 11.8. The summed E-state index contributed by atoms with van der Waals surface area (Å²) in [5.74, 6) is 0.270. The zero-order chi connectivity index (χ0) is 15.8. The molecule has 118 valence electrons. The molecule has 0 spiro atoms. The number of likely N-dealkylation sites (tertiary alicyclic amines) is 1. The number of hydrogen-bond donors (Lipinski definition) is 2.